The summed E-state index contributed by atoms with van der Waals surface area (Å²) in [6, 6.07) is 2.91. The Morgan fingerprint density at radius 2 is 2.37 bits per heavy atom. The highest BCUT2D eigenvalue weighted by Gasteiger charge is 2.25. The van der Waals surface area contributed by atoms with Crippen LogP contribution in [0.25, 0.3) is 0 Å². The Morgan fingerprint density at radius 3 is 2.95 bits per heavy atom. The monoisotopic (exact) mass is 267 g/mol. The van der Waals surface area contributed by atoms with Crippen molar-refractivity contribution >= 4 is 0 Å². The van der Waals surface area contributed by atoms with Gasteiger partial charge in [-0.05, 0) is 24.5 Å². The fourth-order valence-electron chi connectivity index (χ4n) is 2.55. The molecule has 0 aromatic carbocycles. The van der Waals surface area contributed by atoms with E-state index in [2.05, 4.69) is 16.8 Å². The van der Waals surface area contributed by atoms with Crippen LogP contribution in [0, 0.1) is 11.7 Å². The Morgan fingerprint density at radius 1 is 1.58 bits per heavy atom. The van der Waals surface area contributed by atoms with Crippen LogP contribution in [-0.2, 0) is 4.74 Å². The molecule has 106 valence electrons. The molecule has 0 bridgehead atoms. The third kappa shape index (κ3) is 3.72. The summed E-state index contributed by atoms with van der Waals surface area (Å²) >= 11 is 0. The van der Waals surface area contributed by atoms with Gasteiger partial charge in [-0.1, -0.05) is 6.92 Å². The van der Waals surface area contributed by atoms with Crippen LogP contribution >= 0.6 is 0 Å². The Labute approximate surface area is 113 Å². The summed E-state index contributed by atoms with van der Waals surface area (Å²) in [6.07, 6.45) is 2.64. The van der Waals surface area contributed by atoms with Gasteiger partial charge in [0.1, 0.15) is 5.82 Å². The Bertz CT molecular complexity index is 398. The molecule has 1 aromatic rings. The van der Waals surface area contributed by atoms with Crippen molar-refractivity contribution < 1.29 is 9.13 Å². The smallest absolute Gasteiger partial charge is 0.141 e. The Hall–Kier alpha value is -1.04. The number of hydrogen-bond acceptors (Lipinski definition) is 4. The van der Waals surface area contributed by atoms with E-state index in [1.54, 1.807) is 13.2 Å². The highest BCUT2D eigenvalue weighted by Crippen LogP contribution is 2.21. The van der Waals surface area contributed by atoms with E-state index in [1.165, 1.54) is 12.3 Å². The SMILES string of the molecule is COC1CCN(CC(C)C(N)c2ccc(F)cn2)C1. The van der Waals surface area contributed by atoms with Gasteiger partial charge in [-0.2, -0.15) is 0 Å². The minimum atomic E-state index is -0.328. The third-order valence-electron chi connectivity index (χ3n) is 3.81. The highest BCUT2D eigenvalue weighted by molar-refractivity contribution is 5.10. The van der Waals surface area contributed by atoms with Gasteiger partial charge in [-0.15, -0.1) is 0 Å². The van der Waals surface area contributed by atoms with Crippen LogP contribution in [0.4, 0.5) is 4.39 Å². The summed E-state index contributed by atoms with van der Waals surface area (Å²) in [4.78, 5) is 6.43. The first kappa shape index (κ1) is 14.4. The fraction of sp³-hybridized carbons (Fsp3) is 0.643. The van der Waals surface area contributed by atoms with Crippen LogP contribution in [0.3, 0.4) is 0 Å². The fourth-order valence-corrected chi connectivity index (χ4v) is 2.55. The molecule has 0 amide bonds. The number of rotatable bonds is 5. The second-order valence-corrected chi connectivity index (χ2v) is 5.31. The van der Waals surface area contributed by atoms with Gasteiger partial charge in [0.05, 0.1) is 24.0 Å². The van der Waals surface area contributed by atoms with E-state index in [1.807, 2.05) is 0 Å². The van der Waals surface area contributed by atoms with Crippen LogP contribution in [-0.4, -0.2) is 42.7 Å². The summed E-state index contributed by atoms with van der Waals surface area (Å²) in [6.45, 7) is 5.03. The summed E-state index contributed by atoms with van der Waals surface area (Å²) < 4.78 is 18.2. The summed E-state index contributed by atoms with van der Waals surface area (Å²) in [5.74, 6) is -0.0559. The van der Waals surface area contributed by atoms with Crippen molar-refractivity contribution in [3.8, 4) is 0 Å². The zero-order valence-corrected chi connectivity index (χ0v) is 11.6. The Balaban J connectivity index is 1.89. The lowest BCUT2D eigenvalue weighted by Gasteiger charge is -2.25. The minimum absolute atomic E-state index is 0.165. The van der Waals surface area contributed by atoms with E-state index >= 15 is 0 Å². The lowest BCUT2D eigenvalue weighted by atomic mass is 9.99. The van der Waals surface area contributed by atoms with Crippen molar-refractivity contribution in [3.63, 3.8) is 0 Å². The Kier molecular flexibility index (Phi) is 4.85. The van der Waals surface area contributed by atoms with Gasteiger partial charge >= 0.3 is 0 Å². The first-order chi connectivity index (χ1) is 9.10. The number of pyridine rings is 1. The molecule has 3 unspecified atom stereocenters. The van der Waals surface area contributed by atoms with Crippen LogP contribution in [0.1, 0.15) is 25.1 Å². The average molecular weight is 267 g/mol. The number of hydrogen-bond donors (Lipinski definition) is 1. The molecule has 1 aromatic heterocycles. The van der Waals surface area contributed by atoms with E-state index in [-0.39, 0.29) is 17.8 Å². The molecule has 0 radical (unpaired) electrons. The molecule has 0 aliphatic carbocycles. The molecule has 2 rings (SSSR count). The molecular formula is C14H22FN3O. The molecule has 5 heteroatoms. The first-order valence-corrected chi connectivity index (χ1v) is 6.72. The first-order valence-electron chi connectivity index (χ1n) is 6.72. The number of nitrogens with zero attached hydrogens (tertiary/aromatic N) is 2. The molecule has 0 spiro atoms. The predicted octanol–water partition coefficient (Wildman–Crippen LogP) is 1.58. The predicted molar refractivity (Wildman–Crippen MR) is 72.1 cm³/mol. The lowest BCUT2D eigenvalue weighted by Crippen LogP contribution is -2.33. The highest BCUT2D eigenvalue weighted by atomic mass is 19.1. The van der Waals surface area contributed by atoms with Crippen LogP contribution in [0.2, 0.25) is 0 Å². The molecule has 2 N–H and O–H groups in total. The van der Waals surface area contributed by atoms with Crippen molar-refractivity contribution in [2.75, 3.05) is 26.7 Å². The number of nitrogens with two attached hydrogens (primary N) is 1. The van der Waals surface area contributed by atoms with Gasteiger partial charge in [-0.25, -0.2) is 4.39 Å². The standard InChI is InChI=1S/C14H22FN3O/c1-10(8-18-6-5-12(9-18)19-2)14(16)13-4-3-11(15)7-17-13/h3-4,7,10,12,14H,5-6,8-9,16H2,1-2H3. The number of aromatic nitrogens is 1. The largest absolute Gasteiger partial charge is 0.380 e. The van der Waals surface area contributed by atoms with Crippen molar-refractivity contribution in [1.82, 2.24) is 9.88 Å². The van der Waals surface area contributed by atoms with E-state index < -0.39 is 0 Å². The van der Waals surface area contributed by atoms with E-state index in [9.17, 15) is 4.39 Å². The summed E-state index contributed by atoms with van der Waals surface area (Å²) in [7, 11) is 1.76. The molecule has 4 nitrogen and oxygen atoms in total. The van der Waals surface area contributed by atoms with Crippen LogP contribution in [0.15, 0.2) is 18.3 Å². The second kappa shape index (κ2) is 6.41. The molecule has 19 heavy (non-hydrogen) atoms. The van der Waals surface area contributed by atoms with E-state index in [0.29, 0.717) is 6.10 Å². The molecule has 1 aliphatic heterocycles. The summed E-state index contributed by atoms with van der Waals surface area (Å²) in [5.41, 5.74) is 6.94. The van der Waals surface area contributed by atoms with Gasteiger partial charge in [0, 0.05) is 26.7 Å². The molecule has 3 atom stereocenters. The molecule has 1 saturated heterocycles. The quantitative estimate of drug-likeness (QED) is 0.880. The van der Waals surface area contributed by atoms with E-state index in [0.717, 1.165) is 31.7 Å². The van der Waals surface area contributed by atoms with Crippen molar-refractivity contribution in [2.24, 2.45) is 11.7 Å². The van der Waals surface area contributed by atoms with Crippen LogP contribution in [0.5, 0.6) is 0 Å². The molecule has 1 fully saturated rings. The van der Waals surface area contributed by atoms with Gasteiger partial charge in [0.15, 0.2) is 0 Å². The number of ether oxygens (including phenoxy) is 1. The van der Waals surface area contributed by atoms with Crippen molar-refractivity contribution in [2.45, 2.75) is 25.5 Å². The lowest BCUT2D eigenvalue weighted by molar-refractivity contribution is 0.105. The number of likely N-dealkylation sites (tertiary alicyclic amines) is 1. The van der Waals surface area contributed by atoms with Crippen molar-refractivity contribution in [1.29, 1.82) is 0 Å². The average Bonchev–Trinajstić information content (AvgIpc) is 2.86. The summed E-state index contributed by atoms with van der Waals surface area (Å²) in [5, 5.41) is 0. The topological polar surface area (TPSA) is 51.4 Å². The number of halogens is 1. The maximum atomic E-state index is 12.8. The van der Waals surface area contributed by atoms with Gasteiger partial charge in [-0.3, -0.25) is 4.98 Å². The molecule has 0 saturated carbocycles. The van der Waals surface area contributed by atoms with Crippen molar-refractivity contribution in [3.05, 3.63) is 29.8 Å². The number of methoxy groups -OCH3 is 1. The molecule has 1 aliphatic rings. The normalized spacial score (nSPS) is 23.5. The van der Waals surface area contributed by atoms with Gasteiger partial charge in [0.2, 0.25) is 0 Å². The van der Waals surface area contributed by atoms with Gasteiger partial charge < -0.3 is 15.4 Å². The molecule has 2 heterocycles. The second-order valence-electron chi connectivity index (χ2n) is 5.31. The molecular weight excluding hydrogens is 245 g/mol. The zero-order valence-electron chi connectivity index (χ0n) is 11.6. The maximum Gasteiger partial charge on any atom is 0.141 e. The maximum absolute atomic E-state index is 12.8. The third-order valence-corrected chi connectivity index (χ3v) is 3.81. The van der Waals surface area contributed by atoms with Gasteiger partial charge in [0.25, 0.3) is 0 Å². The zero-order chi connectivity index (χ0) is 13.8. The van der Waals surface area contributed by atoms with E-state index in [4.69, 9.17) is 10.5 Å². The minimum Gasteiger partial charge on any atom is -0.380 e. The van der Waals surface area contributed by atoms with Crippen LogP contribution < -0.4 is 5.73 Å².